The zero-order chi connectivity index (χ0) is 23.6. The van der Waals surface area contributed by atoms with E-state index in [1.165, 1.54) is 115 Å². The molecule has 0 bridgehead atoms. The van der Waals surface area contributed by atoms with Gasteiger partial charge in [-0.15, -0.1) is 0 Å². The summed E-state index contributed by atoms with van der Waals surface area (Å²) in [5, 5.41) is 0. The first-order valence-corrected chi connectivity index (χ1v) is 20.0. The molecule has 0 aliphatic heterocycles. The van der Waals surface area contributed by atoms with Gasteiger partial charge in [0.25, 0.3) is 0 Å². The van der Waals surface area contributed by atoms with Crippen LogP contribution in [0.3, 0.4) is 0 Å². The lowest BCUT2D eigenvalue weighted by Crippen LogP contribution is -2.53. The van der Waals surface area contributed by atoms with Gasteiger partial charge in [-0.1, -0.05) is 144 Å². The number of hydrogen-bond donors (Lipinski definition) is 0. The molecule has 0 radical (unpaired) electrons. The molecule has 0 rings (SSSR count). The second-order valence-electron chi connectivity index (χ2n) is 10.9. The van der Waals surface area contributed by atoms with E-state index in [1.807, 2.05) is 0 Å². The Balaban J connectivity index is 5.94. The first kappa shape index (κ1) is 31.4. The minimum absolute atomic E-state index is 0.880. The molecule has 2 unspecified atom stereocenters. The van der Waals surface area contributed by atoms with Gasteiger partial charge in [-0.05, 0) is 36.3 Å². The van der Waals surface area contributed by atoms with Crippen molar-refractivity contribution in [3.8, 4) is 0 Å². The average molecular weight is 471 g/mol. The van der Waals surface area contributed by atoms with Crippen molar-refractivity contribution in [2.24, 2.45) is 0 Å². The molecule has 0 spiro atoms. The Bertz CT molecular complexity index is 350. The van der Waals surface area contributed by atoms with Gasteiger partial charge in [-0.2, -0.15) is 0 Å². The highest BCUT2D eigenvalue weighted by molar-refractivity contribution is 6.87. The van der Waals surface area contributed by atoms with Gasteiger partial charge in [-0.3, -0.25) is 0 Å². The molecule has 0 saturated carbocycles. The fourth-order valence-corrected chi connectivity index (χ4v) is 18.2. The van der Waals surface area contributed by atoms with E-state index in [9.17, 15) is 0 Å². The molecular formula is C28H62OSi2. The van der Waals surface area contributed by atoms with Gasteiger partial charge in [0.15, 0.2) is 16.6 Å². The molecule has 1 nitrogen and oxygen atoms in total. The fourth-order valence-electron chi connectivity index (χ4n) is 5.58. The standard InChI is InChI=1S/C28H62OSi2/c1-9-15-21-27(22-16-10-2)30(7,25-19-13-5)29-31(8,26-20-14-6)28(23-17-11-3)24-18-12-4/h27-28H,9-26H2,1-8H3. The third kappa shape index (κ3) is 12.4. The Kier molecular flexibility index (Phi) is 19.0. The van der Waals surface area contributed by atoms with Gasteiger partial charge in [-0.25, -0.2) is 0 Å². The molecule has 0 heterocycles. The van der Waals surface area contributed by atoms with Crippen LogP contribution in [0.4, 0.5) is 0 Å². The summed E-state index contributed by atoms with van der Waals surface area (Å²) >= 11 is 0. The lowest BCUT2D eigenvalue weighted by molar-refractivity contribution is 0.428. The van der Waals surface area contributed by atoms with Crippen molar-refractivity contribution < 1.29 is 4.12 Å². The molecular weight excluding hydrogens is 408 g/mol. The van der Waals surface area contributed by atoms with Gasteiger partial charge in [0.1, 0.15) is 0 Å². The van der Waals surface area contributed by atoms with Crippen LogP contribution >= 0.6 is 0 Å². The predicted molar refractivity (Wildman–Crippen MR) is 149 cm³/mol. The van der Waals surface area contributed by atoms with Crippen LogP contribution in [0.2, 0.25) is 36.3 Å². The van der Waals surface area contributed by atoms with E-state index >= 15 is 0 Å². The molecule has 2 atom stereocenters. The normalized spacial score (nSPS) is 16.1. The van der Waals surface area contributed by atoms with Crippen molar-refractivity contribution in [2.75, 3.05) is 0 Å². The first-order chi connectivity index (χ1) is 14.9. The van der Waals surface area contributed by atoms with Crippen LogP contribution < -0.4 is 0 Å². The molecule has 0 N–H and O–H groups in total. The highest BCUT2D eigenvalue weighted by atomic mass is 28.4. The maximum absolute atomic E-state index is 7.82. The van der Waals surface area contributed by atoms with Gasteiger partial charge in [0.05, 0.1) is 0 Å². The van der Waals surface area contributed by atoms with Crippen molar-refractivity contribution in [1.82, 2.24) is 0 Å². The Morgan fingerprint density at radius 3 is 0.935 bits per heavy atom. The van der Waals surface area contributed by atoms with Gasteiger partial charge >= 0.3 is 0 Å². The zero-order valence-corrected chi connectivity index (χ0v) is 25.3. The van der Waals surface area contributed by atoms with Crippen molar-refractivity contribution >= 4 is 16.6 Å². The van der Waals surface area contributed by atoms with E-state index in [2.05, 4.69) is 54.6 Å². The van der Waals surface area contributed by atoms with Crippen LogP contribution in [0, 0.1) is 0 Å². The van der Waals surface area contributed by atoms with E-state index in [0.717, 1.165) is 11.1 Å². The van der Waals surface area contributed by atoms with E-state index in [0.29, 0.717) is 0 Å². The number of hydrogen-bond acceptors (Lipinski definition) is 1. The lowest BCUT2D eigenvalue weighted by atomic mass is 10.1. The lowest BCUT2D eigenvalue weighted by Gasteiger charge is -2.47. The van der Waals surface area contributed by atoms with Crippen molar-refractivity contribution in [3.05, 3.63) is 0 Å². The minimum atomic E-state index is -1.74. The van der Waals surface area contributed by atoms with Crippen molar-refractivity contribution in [1.29, 1.82) is 0 Å². The van der Waals surface area contributed by atoms with E-state index in [-0.39, 0.29) is 0 Å². The Morgan fingerprint density at radius 2 is 0.710 bits per heavy atom. The van der Waals surface area contributed by atoms with Crippen LogP contribution in [0.15, 0.2) is 0 Å². The van der Waals surface area contributed by atoms with Crippen molar-refractivity contribution in [2.45, 2.75) is 181 Å². The third-order valence-electron chi connectivity index (χ3n) is 7.87. The quantitative estimate of drug-likeness (QED) is 0.143. The summed E-state index contributed by atoms with van der Waals surface area (Å²) in [7, 11) is -3.48. The SMILES string of the molecule is CCCCC(CCCC)[Si](C)(CCCC)O[Si](C)(CCCC)C(CCCC)CCCC. The van der Waals surface area contributed by atoms with Crippen molar-refractivity contribution in [3.63, 3.8) is 0 Å². The van der Waals surface area contributed by atoms with Gasteiger partial charge in [0.2, 0.25) is 0 Å². The van der Waals surface area contributed by atoms with E-state index < -0.39 is 16.6 Å². The molecule has 3 heteroatoms. The molecule has 188 valence electrons. The smallest absolute Gasteiger partial charge is 0.179 e. The number of unbranched alkanes of at least 4 members (excludes halogenated alkanes) is 6. The molecule has 0 aromatic heterocycles. The van der Waals surface area contributed by atoms with Crippen LogP contribution in [0.5, 0.6) is 0 Å². The number of rotatable bonds is 22. The van der Waals surface area contributed by atoms with Gasteiger partial charge < -0.3 is 4.12 Å². The summed E-state index contributed by atoms with van der Waals surface area (Å²) in [6.07, 6.45) is 22.0. The molecule has 0 amide bonds. The second kappa shape index (κ2) is 18.8. The molecule has 31 heavy (non-hydrogen) atoms. The molecule has 0 aliphatic rings. The summed E-state index contributed by atoms with van der Waals surface area (Å²) in [6, 6.07) is 2.81. The minimum Gasteiger partial charge on any atom is -0.455 e. The zero-order valence-electron chi connectivity index (χ0n) is 23.3. The maximum atomic E-state index is 7.82. The van der Waals surface area contributed by atoms with Crippen LogP contribution in [0.25, 0.3) is 0 Å². The second-order valence-corrected chi connectivity index (χ2v) is 19.6. The molecule has 0 aromatic rings. The highest BCUT2D eigenvalue weighted by Gasteiger charge is 2.46. The summed E-state index contributed by atoms with van der Waals surface area (Å²) in [5.74, 6) is 0. The molecule has 0 fully saturated rings. The van der Waals surface area contributed by atoms with Crippen LogP contribution in [0.1, 0.15) is 144 Å². The Morgan fingerprint density at radius 1 is 0.452 bits per heavy atom. The van der Waals surface area contributed by atoms with Crippen LogP contribution in [-0.4, -0.2) is 16.6 Å². The summed E-state index contributed by atoms with van der Waals surface area (Å²) in [5.41, 5.74) is 1.76. The summed E-state index contributed by atoms with van der Waals surface area (Å²) < 4.78 is 7.82. The third-order valence-corrected chi connectivity index (χ3v) is 18.9. The average Bonchev–Trinajstić information content (AvgIpc) is 2.76. The van der Waals surface area contributed by atoms with Crippen LogP contribution in [-0.2, 0) is 4.12 Å². The molecule has 0 aliphatic carbocycles. The van der Waals surface area contributed by atoms with Gasteiger partial charge in [0, 0.05) is 0 Å². The van der Waals surface area contributed by atoms with E-state index in [4.69, 9.17) is 4.12 Å². The molecule has 0 saturated heterocycles. The Labute approximate surface area is 201 Å². The fraction of sp³-hybridized carbons (Fsp3) is 1.00. The maximum Gasteiger partial charge on any atom is 0.179 e. The monoisotopic (exact) mass is 470 g/mol. The Hall–Kier alpha value is 0.394. The highest BCUT2D eigenvalue weighted by Crippen LogP contribution is 2.45. The molecule has 0 aromatic carbocycles. The topological polar surface area (TPSA) is 9.23 Å². The largest absolute Gasteiger partial charge is 0.455 e. The predicted octanol–water partition coefficient (Wildman–Crippen LogP) is 11.3. The first-order valence-electron chi connectivity index (χ1n) is 14.6. The summed E-state index contributed by atoms with van der Waals surface area (Å²) in [6.45, 7) is 19.6. The van der Waals surface area contributed by atoms with E-state index in [1.54, 1.807) is 0 Å². The summed E-state index contributed by atoms with van der Waals surface area (Å²) in [4.78, 5) is 0.